The van der Waals surface area contributed by atoms with E-state index in [2.05, 4.69) is 22.6 Å². The van der Waals surface area contributed by atoms with Gasteiger partial charge in [0.25, 0.3) is 0 Å². The number of hydrogen-bond acceptors (Lipinski definition) is 2. The van der Waals surface area contributed by atoms with E-state index in [9.17, 15) is 5.11 Å². The van der Waals surface area contributed by atoms with Gasteiger partial charge in [-0.15, -0.1) is 0 Å². The number of benzene rings is 1. The molecular weight excluding hydrogens is 255 g/mol. The van der Waals surface area contributed by atoms with Gasteiger partial charge in [-0.3, -0.25) is 0 Å². The number of hydrogen-bond donors (Lipinski definition) is 2. The number of halogens is 1. The Bertz CT molecular complexity index is 268. The van der Waals surface area contributed by atoms with E-state index in [1.54, 1.807) is 13.0 Å². The summed E-state index contributed by atoms with van der Waals surface area (Å²) in [5.74, 6) is -0.0552. The lowest BCUT2D eigenvalue weighted by atomic mass is 10.1. The average Bonchev–Trinajstić information content (AvgIpc) is 1.97. The first-order valence-corrected chi connectivity index (χ1v) is 4.29. The lowest BCUT2D eigenvalue weighted by molar-refractivity contribution is 0.400. The van der Waals surface area contributed by atoms with Gasteiger partial charge in [0, 0.05) is 3.57 Å². The van der Waals surface area contributed by atoms with Gasteiger partial charge in [-0.2, -0.15) is 0 Å². The molecule has 0 saturated carbocycles. The van der Waals surface area contributed by atoms with Gasteiger partial charge >= 0.3 is 0 Å². The monoisotopic (exact) mass is 264 g/mol. The lowest BCUT2D eigenvalue weighted by Crippen LogP contribution is -1.86. The minimum Gasteiger partial charge on any atom is -0.504 e. The zero-order valence-corrected chi connectivity index (χ0v) is 8.51. The van der Waals surface area contributed by atoms with Gasteiger partial charge in [0.05, 0.1) is 0 Å². The molecule has 2 nitrogen and oxygen atoms in total. The smallest absolute Gasteiger partial charge is 0.160 e. The zero-order valence-electron chi connectivity index (χ0n) is 6.35. The molecule has 1 aromatic rings. The Morgan fingerprint density at radius 1 is 1.18 bits per heavy atom. The largest absolute Gasteiger partial charge is 0.504 e. The summed E-state index contributed by atoms with van der Waals surface area (Å²) in [6.45, 7) is 3.70. The number of phenols is 2. The van der Waals surface area contributed by atoms with E-state index in [4.69, 9.17) is 5.11 Å². The Morgan fingerprint density at radius 3 is 2.27 bits per heavy atom. The van der Waals surface area contributed by atoms with Gasteiger partial charge in [0.15, 0.2) is 11.5 Å². The van der Waals surface area contributed by atoms with Crippen LogP contribution in [-0.2, 0) is 0 Å². The van der Waals surface area contributed by atoms with E-state index in [-0.39, 0.29) is 11.5 Å². The zero-order chi connectivity index (χ0) is 8.59. The average molecular weight is 264 g/mol. The highest BCUT2D eigenvalue weighted by molar-refractivity contribution is 14.1. The molecule has 0 fully saturated rings. The fourth-order valence-corrected chi connectivity index (χ4v) is 1.54. The van der Waals surface area contributed by atoms with Crippen molar-refractivity contribution in [3.8, 4) is 11.5 Å². The molecule has 0 aromatic heterocycles. The SMILES string of the molecule is Cc1c(I)cc(O)c(O)c1C. The molecule has 0 saturated heterocycles. The van der Waals surface area contributed by atoms with Crippen LogP contribution in [-0.4, -0.2) is 10.2 Å². The molecule has 0 radical (unpaired) electrons. The summed E-state index contributed by atoms with van der Waals surface area (Å²) in [6.07, 6.45) is 0. The highest BCUT2D eigenvalue weighted by Crippen LogP contribution is 2.33. The summed E-state index contributed by atoms with van der Waals surface area (Å²) in [6, 6.07) is 1.55. The van der Waals surface area contributed by atoms with Crippen LogP contribution in [0.2, 0.25) is 0 Å². The standard InChI is InChI=1S/C8H9IO2/c1-4-5(2)8(11)7(10)3-6(4)9/h3,10-11H,1-2H3. The number of aromatic hydroxyl groups is 2. The van der Waals surface area contributed by atoms with Crippen LogP contribution in [0.25, 0.3) is 0 Å². The first kappa shape index (κ1) is 8.64. The van der Waals surface area contributed by atoms with Crippen molar-refractivity contribution in [3.05, 3.63) is 20.8 Å². The molecule has 3 heteroatoms. The van der Waals surface area contributed by atoms with E-state index in [1.807, 2.05) is 6.92 Å². The summed E-state index contributed by atoms with van der Waals surface area (Å²) >= 11 is 2.12. The van der Waals surface area contributed by atoms with Gasteiger partial charge in [-0.05, 0) is 53.6 Å². The van der Waals surface area contributed by atoms with E-state index in [0.29, 0.717) is 0 Å². The third kappa shape index (κ3) is 1.42. The summed E-state index contributed by atoms with van der Waals surface area (Å²) in [4.78, 5) is 0. The summed E-state index contributed by atoms with van der Waals surface area (Å²) in [5.41, 5.74) is 1.76. The summed E-state index contributed by atoms with van der Waals surface area (Å²) in [7, 11) is 0. The van der Waals surface area contributed by atoms with Crippen molar-refractivity contribution in [2.24, 2.45) is 0 Å². The number of phenolic OH excluding ortho intramolecular Hbond substituents is 2. The lowest BCUT2D eigenvalue weighted by Gasteiger charge is -2.06. The van der Waals surface area contributed by atoms with Gasteiger partial charge in [0.1, 0.15) is 0 Å². The van der Waals surface area contributed by atoms with Crippen LogP contribution < -0.4 is 0 Å². The van der Waals surface area contributed by atoms with Crippen molar-refractivity contribution in [2.45, 2.75) is 13.8 Å². The van der Waals surface area contributed by atoms with E-state index in [1.165, 1.54) is 0 Å². The molecule has 11 heavy (non-hydrogen) atoms. The van der Waals surface area contributed by atoms with E-state index < -0.39 is 0 Å². The fraction of sp³-hybridized carbons (Fsp3) is 0.250. The Morgan fingerprint density at radius 2 is 1.73 bits per heavy atom. The molecule has 0 spiro atoms. The number of rotatable bonds is 0. The summed E-state index contributed by atoms with van der Waals surface area (Å²) < 4.78 is 0.968. The minimum absolute atomic E-state index is 0.0112. The molecule has 0 bridgehead atoms. The molecule has 0 aliphatic rings. The second kappa shape index (κ2) is 2.89. The second-order valence-electron chi connectivity index (χ2n) is 2.48. The van der Waals surface area contributed by atoms with Gasteiger partial charge in [0.2, 0.25) is 0 Å². The predicted octanol–water partition coefficient (Wildman–Crippen LogP) is 2.32. The molecule has 0 unspecified atom stereocenters. The normalized spacial score (nSPS) is 10.1. The molecule has 0 atom stereocenters. The summed E-state index contributed by atoms with van der Waals surface area (Å²) in [5, 5.41) is 18.4. The molecule has 2 N–H and O–H groups in total. The van der Waals surface area contributed by atoms with Crippen LogP contribution in [0.5, 0.6) is 11.5 Å². The fourth-order valence-electron chi connectivity index (χ4n) is 0.845. The van der Waals surface area contributed by atoms with Crippen molar-refractivity contribution in [1.82, 2.24) is 0 Å². The van der Waals surface area contributed by atoms with Gasteiger partial charge < -0.3 is 10.2 Å². The second-order valence-corrected chi connectivity index (χ2v) is 3.64. The molecular formula is C8H9IO2. The van der Waals surface area contributed by atoms with Crippen molar-refractivity contribution in [3.63, 3.8) is 0 Å². The minimum atomic E-state index is -0.0440. The third-order valence-corrected chi connectivity index (χ3v) is 2.90. The first-order chi connectivity index (χ1) is 5.04. The highest BCUT2D eigenvalue weighted by atomic mass is 127. The highest BCUT2D eigenvalue weighted by Gasteiger charge is 2.08. The van der Waals surface area contributed by atoms with Crippen LogP contribution in [0.4, 0.5) is 0 Å². The molecule has 1 aromatic carbocycles. The van der Waals surface area contributed by atoms with E-state index in [0.717, 1.165) is 14.7 Å². The molecule has 0 aliphatic carbocycles. The van der Waals surface area contributed by atoms with Gasteiger partial charge in [-0.1, -0.05) is 0 Å². The van der Waals surface area contributed by atoms with Gasteiger partial charge in [-0.25, -0.2) is 0 Å². The molecule has 1 rings (SSSR count). The Labute approximate surface area is 79.0 Å². The van der Waals surface area contributed by atoms with Crippen LogP contribution in [0.3, 0.4) is 0 Å². The van der Waals surface area contributed by atoms with Crippen molar-refractivity contribution in [1.29, 1.82) is 0 Å². The Hall–Kier alpha value is -0.450. The van der Waals surface area contributed by atoms with Crippen LogP contribution in [0.1, 0.15) is 11.1 Å². The Kier molecular flexibility index (Phi) is 2.27. The molecule has 0 amide bonds. The van der Waals surface area contributed by atoms with Crippen LogP contribution in [0, 0.1) is 17.4 Å². The Balaban J connectivity index is 3.46. The van der Waals surface area contributed by atoms with Crippen molar-refractivity contribution < 1.29 is 10.2 Å². The third-order valence-electron chi connectivity index (χ3n) is 1.78. The van der Waals surface area contributed by atoms with E-state index >= 15 is 0 Å². The maximum Gasteiger partial charge on any atom is 0.160 e. The van der Waals surface area contributed by atoms with Crippen LogP contribution in [0.15, 0.2) is 6.07 Å². The topological polar surface area (TPSA) is 40.5 Å². The maximum absolute atomic E-state index is 9.26. The van der Waals surface area contributed by atoms with Crippen molar-refractivity contribution >= 4 is 22.6 Å². The quantitative estimate of drug-likeness (QED) is 0.557. The van der Waals surface area contributed by atoms with Crippen molar-refractivity contribution in [2.75, 3.05) is 0 Å². The molecule has 0 aliphatic heterocycles. The van der Waals surface area contributed by atoms with Crippen LogP contribution >= 0.6 is 22.6 Å². The first-order valence-electron chi connectivity index (χ1n) is 3.21. The molecule has 60 valence electrons. The predicted molar refractivity (Wildman–Crippen MR) is 52.0 cm³/mol. The molecule has 0 heterocycles. The maximum atomic E-state index is 9.26.